The molecule has 0 aliphatic carbocycles. The molecule has 0 aromatic heterocycles. The molecule has 2 saturated heterocycles. The van der Waals surface area contributed by atoms with E-state index < -0.39 is 6.10 Å². The highest BCUT2D eigenvalue weighted by molar-refractivity contribution is 5.84. The normalized spacial score (nSPS) is 27.4. The van der Waals surface area contributed by atoms with Gasteiger partial charge in [-0.1, -0.05) is 0 Å². The molecule has 17 heavy (non-hydrogen) atoms. The van der Waals surface area contributed by atoms with Crippen LogP contribution < -0.4 is 0 Å². The van der Waals surface area contributed by atoms with E-state index in [-0.39, 0.29) is 18.4 Å². The number of amides is 1. The van der Waals surface area contributed by atoms with Crippen molar-refractivity contribution >= 4 is 12.2 Å². The summed E-state index contributed by atoms with van der Waals surface area (Å²) in [4.78, 5) is 26.8. The zero-order chi connectivity index (χ0) is 12.3. The van der Waals surface area contributed by atoms with Gasteiger partial charge in [0.15, 0.2) is 0 Å². The molecule has 0 spiro atoms. The fraction of sp³-hybridized carbons (Fsp3) is 0.833. The zero-order valence-electron chi connectivity index (χ0n) is 10.0. The average molecular weight is 240 g/mol. The zero-order valence-corrected chi connectivity index (χ0v) is 10.0. The molecule has 0 aromatic rings. The third-order valence-electron chi connectivity index (χ3n) is 3.66. The number of hydrogen-bond acceptors (Lipinski definition) is 4. The number of likely N-dealkylation sites (tertiary alicyclic amines) is 2. The van der Waals surface area contributed by atoms with E-state index in [0.29, 0.717) is 19.5 Å². The van der Waals surface area contributed by atoms with Gasteiger partial charge in [-0.25, -0.2) is 0 Å². The van der Waals surface area contributed by atoms with Crippen LogP contribution in [0.25, 0.3) is 0 Å². The van der Waals surface area contributed by atoms with Crippen molar-refractivity contribution in [1.82, 2.24) is 9.80 Å². The Morgan fingerprint density at radius 2 is 2.06 bits per heavy atom. The Kier molecular flexibility index (Phi) is 4.12. The summed E-state index contributed by atoms with van der Waals surface area (Å²) in [6, 6.07) is -0.305. The molecule has 2 aliphatic rings. The third-order valence-corrected chi connectivity index (χ3v) is 3.66. The summed E-state index contributed by atoms with van der Waals surface area (Å²) in [6.45, 7) is 2.84. The largest absolute Gasteiger partial charge is 0.391 e. The SMILES string of the molecule is O=CCC(C(=O)N1CCC(O)C1)N1CCCC1. The number of carbonyl (C=O) groups is 2. The van der Waals surface area contributed by atoms with Gasteiger partial charge in [0, 0.05) is 19.5 Å². The lowest BCUT2D eigenvalue weighted by atomic mass is 10.1. The minimum atomic E-state index is -0.394. The molecule has 1 N–H and O–H groups in total. The lowest BCUT2D eigenvalue weighted by molar-refractivity contribution is -0.137. The van der Waals surface area contributed by atoms with Gasteiger partial charge < -0.3 is 14.8 Å². The van der Waals surface area contributed by atoms with Crippen molar-refractivity contribution in [2.24, 2.45) is 0 Å². The van der Waals surface area contributed by atoms with E-state index in [1.807, 2.05) is 0 Å². The van der Waals surface area contributed by atoms with Crippen LogP contribution in [0.5, 0.6) is 0 Å². The lowest BCUT2D eigenvalue weighted by Gasteiger charge is -2.28. The number of aliphatic hydroxyl groups is 1. The van der Waals surface area contributed by atoms with Crippen molar-refractivity contribution in [2.45, 2.75) is 37.8 Å². The molecule has 96 valence electrons. The maximum atomic E-state index is 12.3. The minimum Gasteiger partial charge on any atom is -0.391 e. The first-order valence-electron chi connectivity index (χ1n) is 6.37. The highest BCUT2D eigenvalue weighted by Gasteiger charge is 2.34. The first-order valence-corrected chi connectivity index (χ1v) is 6.37. The van der Waals surface area contributed by atoms with Gasteiger partial charge in [-0.3, -0.25) is 9.69 Å². The van der Waals surface area contributed by atoms with Gasteiger partial charge in [-0.2, -0.15) is 0 Å². The Morgan fingerprint density at radius 1 is 1.35 bits per heavy atom. The number of nitrogens with zero attached hydrogens (tertiary/aromatic N) is 2. The van der Waals surface area contributed by atoms with Crippen molar-refractivity contribution in [2.75, 3.05) is 26.2 Å². The van der Waals surface area contributed by atoms with Crippen LogP contribution in [0.3, 0.4) is 0 Å². The first kappa shape index (κ1) is 12.5. The van der Waals surface area contributed by atoms with Crippen LogP contribution in [0.2, 0.25) is 0 Å². The molecule has 0 radical (unpaired) electrons. The first-order chi connectivity index (χ1) is 8.22. The standard InChI is InChI=1S/C12H20N2O3/c15-8-4-11(13-5-1-2-6-13)12(17)14-7-3-10(16)9-14/h8,10-11,16H,1-7,9H2. The van der Waals surface area contributed by atoms with E-state index in [4.69, 9.17) is 0 Å². The predicted molar refractivity (Wildman–Crippen MR) is 62.5 cm³/mol. The molecule has 0 bridgehead atoms. The topological polar surface area (TPSA) is 60.9 Å². The molecule has 2 heterocycles. The molecule has 2 fully saturated rings. The summed E-state index contributed by atoms with van der Waals surface area (Å²) in [7, 11) is 0. The second-order valence-electron chi connectivity index (χ2n) is 4.89. The van der Waals surface area contributed by atoms with Gasteiger partial charge in [0.2, 0.25) is 5.91 Å². The molecule has 2 rings (SSSR count). The molecule has 0 aromatic carbocycles. The fourth-order valence-electron chi connectivity index (χ4n) is 2.70. The Morgan fingerprint density at radius 3 is 2.59 bits per heavy atom. The number of carbonyl (C=O) groups excluding carboxylic acids is 2. The number of β-amino-alcohol motifs (C(OH)–C–C–N with tert-alkyl or cyclic N) is 1. The lowest BCUT2D eigenvalue weighted by Crippen LogP contribution is -2.47. The Balaban J connectivity index is 1.99. The molecule has 2 unspecified atom stereocenters. The van der Waals surface area contributed by atoms with Crippen molar-refractivity contribution in [1.29, 1.82) is 0 Å². The van der Waals surface area contributed by atoms with E-state index >= 15 is 0 Å². The predicted octanol–water partition coefficient (Wildman–Crippen LogP) is -0.367. The second-order valence-corrected chi connectivity index (χ2v) is 4.89. The Bertz CT molecular complexity index is 289. The molecular formula is C12H20N2O3. The van der Waals surface area contributed by atoms with Crippen LogP contribution in [-0.4, -0.2) is 65.4 Å². The maximum Gasteiger partial charge on any atom is 0.240 e. The Labute approximate surface area is 101 Å². The minimum absolute atomic E-state index is 0.00977. The van der Waals surface area contributed by atoms with Crippen molar-refractivity contribution in [3.05, 3.63) is 0 Å². The molecule has 2 atom stereocenters. The van der Waals surface area contributed by atoms with E-state index in [1.54, 1.807) is 4.90 Å². The van der Waals surface area contributed by atoms with Gasteiger partial charge in [0.1, 0.15) is 6.29 Å². The molecule has 5 heteroatoms. The van der Waals surface area contributed by atoms with E-state index in [9.17, 15) is 14.7 Å². The number of rotatable bonds is 4. The monoisotopic (exact) mass is 240 g/mol. The smallest absolute Gasteiger partial charge is 0.240 e. The summed E-state index contributed by atoms with van der Waals surface area (Å²) >= 11 is 0. The highest BCUT2D eigenvalue weighted by atomic mass is 16.3. The van der Waals surface area contributed by atoms with Crippen LogP contribution >= 0.6 is 0 Å². The summed E-state index contributed by atoms with van der Waals surface area (Å²) in [6.07, 6.45) is 3.56. The highest BCUT2D eigenvalue weighted by Crippen LogP contribution is 2.18. The summed E-state index contributed by atoms with van der Waals surface area (Å²) in [5.74, 6) is 0.00977. The van der Waals surface area contributed by atoms with Crippen LogP contribution in [0, 0.1) is 0 Å². The molecule has 1 amide bonds. The summed E-state index contributed by atoms with van der Waals surface area (Å²) in [5.41, 5.74) is 0. The summed E-state index contributed by atoms with van der Waals surface area (Å²) < 4.78 is 0. The molecule has 0 saturated carbocycles. The molecule has 5 nitrogen and oxygen atoms in total. The fourth-order valence-corrected chi connectivity index (χ4v) is 2.70. The van der Waals surface area contributed by atoms with Crippen molar-refractivity contribution in [3.8, 4) is 0 Å². The van der Waals surface area contributed by atoms with Gasteiger partial charge >= 0.3 is 0 Å². The van der Waals surface area contributed by atoms with Gasteiger partial charge in [0.05, 0.1) is 12.1 Å². The van der Waals surface area contributed by atoms with Gasteiger partial charge in [0.25, 0.3) is 0 Å². The van der Waals surface area contributed by atoms with Crippen LogP contribution in [0.1, 0.15) is 25.7 Å². The van der Waals surface area contributed by atoms with Crippen LogP contribution in [0.4, 0.5) is 0 Å². The number of aliphatic hydroxyl groups excluding tert-OH is 1. The van der Waals surface area contributed by atoms with Gasteiger partial charge in [-0.15, -0.1) is 0 Å². The molecular weight excluding hydrogens is 220 g/mol. The van der Waals surface area contributed by atoms with Crippen LogP contribution in [-0.2, 0) is 9.59 Å². The quantitative estimate of drug-likeness (QED) is 0.681. The van der Waals surface area contributed by atoms with Crippen molar-refractivity contribution < 1.29 is 14.7 Å². The number of hydrogen-bond donors (Lipinski definition) is 1. The Hall–Kier alpha value is -0.940. The van der Waals surface area contributed by atoms with Crippen LogP contribution in [0.15, 0.2) is 0 Å². The number of aldehydes is 1. The summed E-state index contributed by atoms with van der Waals surface area (Å²) in [5, 5.41) is 9.45. The van der Waals surface area contributed by atoms with E-state index in [2.05, 4.69) is 4.90 Å². The van der Waals surface area contributed by atoms with E-state index in [1.165, 1.54) is 0 Å². The average Bonchev–Trinajstić information content (AvgIpc) is 2.95. The maximum absolute atomic E-state index is 12.3. The van der Waals surface area contributed by atoms with E-state index in [0.717, 1.165) is 32.2 Å². The molecule has 2 aliphatic heterocycles. The third kappa shape index (κ3) is 2.84. The van der Waals surface area contributed by atoms with Crippen molar-refractivity contribution in [3.63, 3.8) is 0 Å². The van der Waals surface area contributed by atoms with Gasteiger partial charge in [-0.05, 0) is 32.4 Å². The second kappa shape index (κ2) is 5.60.